The van der Waals surface area contributed by atoms with Crippen molar-refractivity contribution in [3.8, 4) is 0 Å². The van der Waals surface area contributed by atoms with E-state index in [9.17, 15) is 4.79 Å². The Bertz CT molecular complexity index is 555. The average Bonchev–Trinajstić information content (AvgIpc) is 2.87. The first-order valence-electron chi connectivity index (χ1n) is 8.03. The molecule has 1 aromatic carbocycles. The fourth-order valence-electron chi connectivity index (χ4n) is 3.90. The zero-order valence-corrected chi connectivity index (χ0v) is 13.9. The van der Waals surface area contributed by atoms with Gasteiger partial charge < -0.3 is 15.5 Å². The summed E-state index contributed by atoms with van der Waals surface area (Å²) in [7, 11) is 1.88. The highest BCUT2D eigenvalue weighted by atomic mass is 35.5. The molecule has 1 aromatic rings. The number of halogens is 1. The quantitative estimate of drug-likeness (QED) is 0.930. The Kier molecular flexibility index (Phi) is 4.33. The molecule has 0 aromatic heterocycles. The highest BCUT2D eigenvalue weighted by molar-refractivity contribution is 6.30. The Hall–Kier alpha value is -1.26. The number of amides is 2. The van der Waals surface area contributed by atoms with Crippen molar-refractivity contribution in [1.29, 1.82) is 0 Å². The minimum absolute atomic E-state index is 0.00999. The van der Waals surface area contributed by atoms with Crippen LogP contribution in [0.15, 0.2) is 24.3 Å². The van der Waals surface area contributed by atoms with Crippen molar-refractivity contribution in [3.63, 3.8) is 0 Å². The Morgan fingerprint density at radius 2 is 2.05 bits per heavy atom. The van der Waals surface area contributed by atoms with E-state index in [1.54, 1.807) is 0 Å². The summed E-state index contributed by atoms with van der Waals surface area (Å²) in [6.45, 7) is 2.33. The number of hydrogen-bond acceptors (Lipinski definition) is 2. The van der Waals surface area contributed by atoms with Crippen LogP contribution < -0.4 is 5.73 Å². The van der Waals surface area contributed by atoms with Crippen LogP contribution in [0.2, 0.25) is 5.02 Å². The molecule has 120 valence electrons. The third kappa shape index (κ3) is 2.70. The van der Waals surface area contributed by atoms with E-state index in [2.05, 4.69) is 6.07 Å². The van der Waals surface area contributed by atoms with Crippen LogP contribution in [-0.4, -0.2) is 48.6 Å². The Morgan fingerprint density at radius 1 is 1.32 bits per heavy atom. The predicted molar refractivity (Wildman–Crippen MR) is 89.2 cm³/mol. The van der Waals surface area contributed by atoms with Gasteiger partial charge in [0.05, 0.1) is 0 Å². The number of rotatable bonds is 3. The second-order valence-electron chi connectivity index (χ2n) is 6.62. The van der Waals surface area contributed by atoms with Crippen LogP contribution in [-0.2, 0) is 5.41 Å². The van der Waals surface area contributed by atoms with Gasteiger partial charge in [0.2, 0.25) is 0 Å². The molecule has 0 unspecified atom stereocenters. The van der Waals surface area contributed by atoms with E-state index in [1.807, 2.05) is 35.0 Å². The topological polar surface area (TPSA) is 49.6 Å². The number of nitrogens with zero attached hydrogens (tertiary/aromatic N) is 2. The monoisotopic (exact) mass is 321 g/mol. The van der Waals surface area contributed by atoms with Crippen LogP contribution in [0.1, 0.15) is 31.2 Å². The van der Waals surface area contributed by atoms with E-state index in [0.717, 1.165) is 43.8 Å². The SMILES string of the molecule is CN1CCN(C2CCC(CN)(c3cccc(Cl)c3)CC2)C1=O. The summed E-state index contributed by atoms with van der Waals surface area (Å²) < 4.78 is 0. The Labute approximate surface area is 137 Å². The Balaban J connectivity index is 1.73. The van der Waals surface area contributed by atoms with Gasteiger partial charge in [-0.15, -0.1) is 0 Å². The molecule has 0 spiro atoms. The lowest BCUT2D eigenvalue weighted by Gasteiger charge is -2.42. The standard InChI is InChI=1S/C17H24ClN3O/c1-20-9-10-21(16(20)22)15-5-7-17(12-19,8-6-15)13-3-2-4-14(18)11-13/h2-4,11,15H,5-10,12,19H2,1H3. The van der Waals surface area contributed by atoms with Gasteiger partial charge in [-0.2, -0.15) is 0 Å². The maximum Gasteiger partial charge on any atom is 0.320 e. The highest BCUT2D eigenvalue weighted by Crippen LogP contribution is 2.41. The van der Waals surface area contributed by atoms with Gasteiger partial charge in [0.25, 0.3) is 0 Å². The molecule has 0 atom stereocenters. The predicted octanol–water partition coefficient (Wildman–Crippen LogP) is 2.85. The lowest BCUT2D eigenvalue weighted by atomic mass is 9.68. The number of urea groups is 1. The summed E-state index contributed by atoms with van der Waals surface area (Å²) in [6, 6.07) is 8.61. The van der Waals surface area contributed by atoms with E-state index < -0.39 is 0 Å². The summed E-state index contributed by atoms with van der Waals surface area (Å²) in [5.41, 5.74) is 7.39. The molecule has 3 rings (SSSR count). The van der Waals surface area contributed by atoms with Crippen LogP contribution in [0.3, 0.4) is 0 Å². The second-order valence-corrected chi connectivity index (χ2v) is 7.06. The molecule has 4 nitrogen and oxygen atoms in total. The van der Waals surface area contributed by atoms with Crippen LogP contribution in [0.25, 0.3) is 0 Å². The van der Waals surface area contributed by atoms with Gasteiger partial charge in [0, 0.05) is 43.2 Å². The van der Waals surface area contributed by atoms with Crippen molar-refractivity contribution in [2.75, 3.05) is 26.7 Å². The summed E-state index contributed by atoms with van der Waals surface area (Å²) in [5.74, 6) is 0. The minimum atomic E-state index is 0.00999. The van der Waals surface area contributed by atoms with Crippen LogP contribution >= 0.6 is 11.6 Å². The van der Waals surface area contributed by atoms with E-state index in [0.29, 0.717) is 12.6 Å². The lowest BCUT2D eigenvalue weighted by molar-refractivity contribution is 0.147. The number of carbonyl (C=O) groups is 1. The van der Waals surface area contributed by atoms with Gasteiger partial charge >= 0.3 is 6.03 Å². The molecule has 5 heteroatoms. The smallest absolute Gasteiger partial charge is 0.320 e. The molecule has 1 heterocycles. The maximum absolute atomic E-state index is 12.2. The van der Waals surface area contributed by atoms with Gasteiger partial charge in [-0.05, 0) is 43.4 Å². The zero-order chi connectivity index (χ0) is 15.7. The van der Waals surface area contributed by atoms with Gasteiger partial charge in [-0.1, -0.05) is 23.7 Å². The van der Waals surface area contributed by atoms with Crippen molar-refractivity contribution in [1.82, 2.24) is 9.80 Å². The number of carbonyl (C=O) groups excluding carboxylic acids is 1. The summed E-state index contributed by atoms with van der Waals surface area (Å²) in [6.07, 6.45) is 4.07. The minimum Gasteiger partial charge on any atom is -0.330 e. The average molecular weight is 322 g/mol. The number of benzene rings is 1. The summed E-state index contributed by atoms with van der Waals surface area (Å²) >= 11 is 6.15. The van der Waals surface area contributed by atoms with Gasteiger partial charge in [-0.25, -0.2) is 4.79 Å². The molecule has 2 amide bonds. The largest absolute Gasteiger partial charge is 0.330 e. The molecule has 22 heavy (non-hydrogen) atoms. The summed E-state index contributed by atoms with van der Waals surface area (Å²) in [5, 5.41) is 0.767. The molecule has 2 N–H and O–H groups in total. The van der Waals surface area contributed by atoms with E-state index in [4.69, 9.17) is 17.3 Å². The number of likely N-dealkylation sites (N-methyl/N-ethyl adjacent to an activating group) is 1. The molecular formula is C17H24ClN3O. The molecule has 2 aliphatic rings. The number of nitrogens with two attached hydrogens (primary N) is 1. The number of hydrogen-bond donors (Lipinski definition) is 1. The van der Waals surface area contributed by atoms with Crippen molar-refractivity contribution in [2.45, 2.75) is 37.1 Å². The van der Waals surface area contributed by atoms with Crippen molar-refractivity contribution in [3.05, 3.63) is 34.9 Å². The highest BCUT2D eigenvalue weighted by Gasteiger charge is 2.40. The second kappa shape index (κ2) is 6.09. The normalized spacial score (nSPS) is 29.2. The van der Waals surface area contributed by atoms with Gasteiger partial charge in [-0.3, -0.25) is 0 Å². The zero-order valence-electron chi connectivity index (χ0n) is 13.1. The molecular weight excluding hydrogens is 298 g/mol. The fourth-order valence-corrected chi connectivity index (χ4v) is 4.09. The molecule has 0 bridgehead atoms. The molecule has 1 aliphatic heterocycles. The van der Waals surface area contributed by atoms with Crippen LogP contribution in [0.5, 0.6) is 0 Å². The maximum atomic E-state index is 12.2. The third-order valence-electron chi connectivity index (χ3n) is 5.43. The molecule has 1 aliphatic carbocycles. The first-order chi connectivity index (χ1) is 10.6. The van der Waals surface area contributed by atoms with E-state index in [1.165, 1.54) is 5.56 Å². The Morgan fingerprint density at radius 3 is 2.59 bits per heavy atom. The van der Waals surface area contributed by atoms with Crippen molar-refractivity contribution in [2.24, 2.45) is 5.73 Å². The lowest BCUT2D eigenvalue weighted by Crippen LogP contribution is -2.46. The van der Waals surface area contributed by atoms with Gasteiger partial charge in [0.1, 0.15) is 0 Å². The molecule has 1 saturated heterocycles. The summed E-state index contributed by atoms with van der Waals surface area (Å²) in [4.78, 5) is 16.0. The molecule has 2 fully saturated rings. The van der Waals surface area contributed by atoms with Crippen LogP contribution in [0.4, 0.5) is 4.79 Å². The first-order valence-corrected chi connectivity index (χ1v) is 8.41. The van der Waals surface area contributed by atoms with Crippen LogP contribution in [0, 0.1) is 0 Å². The van der Waals surface area contributed by atoms with E-state index >= 15 is 0 Å². The fraction of sp³-hybridized carbons (Fsp3) is 0.588. The van der Waals surface area contributed by atoms with E-state index in [-0.39, 0.29) is 11.4 Å². The molecule has 0 radical (unpaired) electrons. The van der Waals surface area contributed by atoms with Crippen molar-refractivity contribution >= 4 is 17.6 Å². The molecule has 1 saturated carbocycles. The first kappa shape index (κ1) is 15.6. The van der Waals surface area contributed by atoms with Gasteiger partial charge in [0.15, 0.2) is 0 Å². The third-order valence-corrected chi connectivity index (χ3v) is 5.66. The van der Waals surface area contributed by atoms with Crippen molar-refractivity contribution < 1.29 is 4.79 Å².